The van der Waals surface area contributed by atoms with E-state index in [0.29, 0.717) is 25.7 Å². The Labute approximate surface area is 120 Å². The van der Waals surface area contributed by atoms with Crippen molar-refractivity contribution in [2.24, 2.45) is 5.92 Å². The first-order valence-electron chi connectivity index (χ1n) is 7.01. The molecule has 0 saturated carbocycles. The molecule has 110 valence electrons. The van der Waals surface area contributed by atoms with Crippen LogP contribution in [0.5, 0.6) is 0 Å². The molecule has 0 spiro atoms. The summed E-state index contributed by atoms with van der Waals surface area (Å²) >= 11 is 1.69. The van der Waals surface area contributed by atoms with E-state index in [2.05, 4.69) is 36.5 Å². The van der Waals surface area contributed by atoms with Gasteiger partial charge in [0.25, 0.3) is 0 Å². The molecule has 0 aromatic carbocycles. The van der Waals surface area contributed by atoms with Crippen molar-refractivity contribution in [1.82, 2.24) is 10.3 Å². The lowest BCUT2D eigenvalue weighted by atomic mass is 10.2. The maximum Gasteiger partial charge on any atom is 0.107 e. The molecule has 0 aliphatic carbocycles. The van der Waals surface area contributed by atoms with Crippen LogP contribution in [0.2, 0.25) is 0 Å². The Bertz CT molecular complexity index is 329. The normalized spacial score (nSPS) is 11.4. The van der Waals surface area contributed by atoms with Crippen LogP contribution in [0.3, 0.4) is 0 Å². The molecule has 0 bridgehead atoms. The van der Waals surface area contributed by atoms with E-state index in [9.17, 15) is 0 Å². The van der Waals surface area contributed by atoms with Gasteiger partial charge in [-0.3, -0.25) is 0 Å². The fraction of sp³-hybridized carbons (Fsp3) is 0.786. The van der Waals surface area contributed by atoms with E-state index >= 15 is 0 Å². The number of hydrogen-bond acceptors (Lipinski definition) is 5. The quantitative estimate of drug-likeness (QED) is 0.635. The highest BCUT2D eigenvalue weighted by Crippen LogP contribution is 2.10. The first-order chi connectivity index (χ1) is 9.22. The average Bonchev–Trinajstić information content (AvgIpc) is 2.81. The van der Waals surface area contributed by atoms with Crippen molar-refractivity contribution in [3.05, 3.63) is 16.1 Å². The SMILES string of the molecule is CCCOCCOCc1csc(CNCC(C)C)n1. The van der Waals surface area contributed by atoms with Gasteiger partial charge in [-0.05, 0) is 18.9 Å². The molecular formula is C14H26N2O2S. The van der Waals surface area contributed by atoms with Crippen LogP contribution < -0.4 is 5.32 Å². The van der Waals surface area contributed by atoms with Crippen LogP contribution in [-0.2, 0) is 22.6 Å². The van der Waals surface area contributed by atoms with Gasteiger partial charge in [0.15, 0.2) is 0 Å². The largest absolute Gasteiger partial charge is 0.379 e. The Morgan fingerprint density at radius 1 is 1.26 bits per heavy atom. The van der Waals surface area contributed by atoms with Gasteiger partial charge < -0.3 is 14.8 Å². The maximum atomic E-state index is 5.52. The summed E-state index contributed by atoms with van der Waals surface area (Å²) in [6, 6.07) is 0. The monoisotopic (exact) mass is 286 g/mol. The summed E-state index contributed by atoms with van der Waals surface area (Å²) < 4.78 is 10.9. The van der Waals surface area contributed by atoms with Crippen molar-refractivity contribution in [1.29, 1.82) is 0 Å². The molecule has 0 aliphatic heterocycles. The van der Waals surface area contributed by atoms with E-state index in [-0.39, 0.29) is 0 Å². The van der Waals surface area contributed by atoms with Gasteiger partial charge >= 0.3 is 0 Å². The number of nitrogens with one attached hydrogen (secondary N) is 1. The summed E-state index contributed by atoms with van der Waals surface area (Å²) in [5.74, 6) is 0.672. The van der Waals surface area contributed by atoms with Crippen LogP contribution in [0.4, 0.5) is 0 Å². The molecule has 0 atom stereocenters. The lowest BCUT2D eigenvalue weighted by molar-refractivity contribution is 0.0398. The third-order valence-electron chi connectivity index (χ3n) is 2.40. The zero-order valence-electron chi connectivity index (χ0n) is 12.3. The predicted octanol–water partition coefficient (Wildman–Crippen LogP) is 2.83. The van der Waals surface area contributed by atoms with Crippen molar-refractivity contribution >= 4 is 11.3 Å². The Balaban J connectivity index is 2.09. The standard InChI is InChI=1S/C14H26N2O2S/c1-4-5-17-6-7-18-10-13-11-19-14(16-13)9-15-8-12(2)3/h11-12,15H,4-10H2,1-3H3. The topological polar surface area (TPSA) is 43.4 Å². The average molecular weight is 286 g/mol. The van der Waals surface area contributed by atoms with Gasteiger partial charge in [-0.15, -0.1) is 11.3 Å². The van der Waals surface area contributed by atoms with Gasteiger partial charge in [0.2, 0.25) is 0 Å². The molecule has 1 N–H and O–H groups in total. The van der Waals surface area contributed by atoms with Crippen molar-refractivity contribution in [2.45, 2.75) is 40.3 Å². The first-order valence-corrected chi connectivity index (χ1v) is 7.89. The van der Waals surface area contributed by atoms with Crippen LogP contribution in [0.1, 0.15) is 37.9 Å². The van der Waals surface area contributed by atoms with Crippen LogP contribution in [0, 0.1) is 5.92 Å². The minimum atomic E-state index is 0.580. The molecule has 0 aliphatic rings. The highest BCUT2D eigenvalue weighted by Gasteiger charge is 2.02. The van der Waals surface area contributed by atoms with E-state index in [4.69, 9.17) is 9.47 Å². The van der Waals surface area contributed by atoms with Gasteiger partial charge in [0.1, 0.15) is 5.01 Å². The molecule has 1 rings (SSSR count). The van der Waals surface area contributed by atoms with Gasteiger partial charge in [-0.25, -0.2) is 4.98 Å². The van der Waals surface area contributed by atoms with Crippen molar-refractivity contribution in [3.8, 4) is 0 Å². The minimum Gasteiger partial charge on any atom is -0.379 e. The van der Waals surface area contributed by atoms with E-state index in [0.717, 1.165) is 36.8 Å². The molecule has 0 saturated heterocycles. The molecule has 5 heteroatoms. The van der Waals surface area contributed by atoms with E-state index < -0.39 is 0 Å². The smallest absolute Gasteiger partial charge is 0.107 e. The molecule has 0 amide bonds. The second kappa shape index (κ2) is 10.3. The fourth-order valence-corrected chi connectivity index (χ4v) is 2.25. The third kappa shape index (κ3) is 8.31. The van der Waals surface area contributed by atoms with E-state index in [1.54, 1.807) is 11.3 Å². The fourth-order valence-electron chi connectivity index (χ4n) is 1.51. The Kier molecular flexibility index (Phi) is 8.99. The molecule has 0 fully saturated rings. The minimum absolute atomic E-state index is 0.580. The predicted molar refractivity (Wildman–Crippen MR) is 79.4 cm³/mol. The molecule has 1 aromatic heterocycles. The number of rotatable bonds is 11. The molecule has 1 heterocycles. The molecular weight excluding hydrogens is 260 g/mol. The Morgan fingerprint density at radius 3 is 2.79 bits per heavy atom. The zero-order chi connectivity index (χ0) is 13.9. The van der Waals surface area contributed by atoms with Crippen molar-refractivity contribution in [2.75, 3.05) is 26.4 Å². The molecule has 1 aromatic rings. The number of nitrogens with zero attached hydrogens (tertiary/aromatic N) is 1. The van der Waals surface area contributed by atoms with E-state index in [1.807, 2.05) is 0 Å². The summed E-state index contributed by atoms with van der Waals surface area (Å²) in [5.41, 5.74) is 1.02. The highest BCUT2D eigenvalue weighted by molar-refractivity contribution is 7.09. The van der Waals surface area contributed by atoms with Gasteiger partial charge in [-0.2, -0.15) is 0 Å². The first kappa shape index (κ1) is 16.6. The van der Waals surface area contributed by atoms with E-state index in [1.165, 1.54) is 0 Å². The second-order valence-corrected chi connectivity index (χ2v) is 5.86. The summed E-state index contributed by atoms with van der Waals surface area (Å²) in [6.07, 6.45) is 1.05. The molecule has 19 heavy (non-hydrogen) atoms. The highest BCUT2D eigenvalue weighted by atomic mass is 32.1. The third-order valence-corrected chi connectivity index (χ3v) is 3.30. The summed E-state index contributed by atoms with van der Waals surface area (Å²) in [6.45, 7) is 11.1. The molecule has 0 radical (unpaired) electrons. The van der Waals surface area contributed by atoms with Crippen LogP contribution in [0.15, 0.2) is 5.38 Å². The number of aromatic nitrogens is 1. The van der Waals surface area contributed by atoms with Gasteiger partial charge in [0, 0.05) is 18.5 Å². The molecule has 0 unspecified atom stereocenters. The summed E-state index contributed by atoms with van der Waals surface area (Å²) in [7, 11) is 0. The summed E-state index contributed by atoms with van der Waals surface area (Å²) in [5, 5.41) is 6.59. The lowest BCUT2D eigenvalue weighted by Gasteiger charge is -2.05. The van der Waals surface area contributed by atoms with Crippen molar-refractivity contribution < 1.29 is 9.47 Å². The Hall–Kier alpha value is -0.490. The zero-order valence-corrected chi connectivity index (χ0v) is 13.1. The maximum absolute atomic E-state index is 5.52. The van der Waals surface area contributed by atoms with Crippen LogP contribution in [-0.4, -0.2) is 31.3 Å². The summed E-state index contributed by atoms with van der Waals surface area (Å²) in [4.78, 5) is 4.53. The number of ether oxygens (including phenoxy) is 2. The Morgan fingerprint density at radius 2 is 2.05 bits per heavy atom. The van der Waals surface area contributed by atoms with Crippen LogP contribution >= 0.6 is 11.3 Å². The van der Waals surface area contributed by atoms with Crippen molar-refractivity contribution in [3.63, 3.8) is 0 Å². The molecule has 4 nitrogen and oxygen atoms in total. The lowest BCUT2D eigenvalue weighted by Crippen LogP contribution is -2.18. The van der Waals surface area contributed by atoms with Gasteiger partial charge in [0.05, 0.1) is 25.5 Å². The van der Waals surface area contributed by atoms with Crippen LogP contribution in [0.25, 0.3) is 0 Å². The number of hydrogen-bond donors (Lipinski definition) is 1. The van der Waals surface area contributed by atoms with Gasteiger partial charge in [-0.1, -0.05) is 20.8 Å². The number of thiazole rings is 1. The second-order valence-electron chi connectivity index (χ2n) is 4.92.